The van der Waals surface area contributed by atoms with Gasteiger partial charge in [-0.05, 0) is 73.5 Å². The van der Waals surface area contributed by atoms with E-state index in [0.717, 1.165) is 60.0 Å². The lowest BCUT2D eigenvalue weighted by atomic mass is 9.98. The molecule has 8 bridgehead atoms. The zero-order chi connectivity index (χ0) is 57.8. The first-order valence-corrected chi connectivity index (χ1v) is 30.9. The van der Waals surface area contributed by atoms with Crippen LogP contribution in [-0.2, 0) is 78.7 Å². The second kappa shape index (κ2) is 25.1. The molecule has 6 heterocycles. The van der Waals surface area contributed by atoms with E-state index in [1.54, 1.807) is 53.3 Å². The summed E-state index contributed by atoms with van der Waals surface area (Å²) in [6.07, 6.45) is 0.836. The Balaban J connectivity index is 0.752. The van der Waals surface area contributed by atoms with Crippen LogP contribution in [0.3, 0.4) is 0 Å². The van der Waals surface area contributed by atoms with E-state index in [0.29, 0.717) is 64.1 Å². The number of rotatable bonds is 16. The molecule has 1 unspecified atom stereocenters. The van der Waals surface area contributed by atoms with Crippen molar-refractivity contribution >= 4 is 108 Å². The van der Waals surface area contributed by atoms with Crippen molar-refractivity contribution in [2.24, 2.45) is 21.1 Å². The Bertz CT molecular complexity index is 3800. The topological polar surface area (TPSA) is 256 Å². The minimum absolute atomic E-state index is 0.0185. The number of aromatic nitrogens is 5. The van der Waals surface area contributed by atoms with Gasteiger partial charge in [-0.1, -0.05) is 48.0 Å². The van der Waals surface area contributed by atoms with Crippen LogP contribution in [0.2, 0.25) is 5.02 Å². The second-order valence-corrected chi connectivity index (χ2v) is 24.3. The Morgan fingerprint density at radius 2 is 1.65 bits per heavy atom. The highest BCUT2D eigenvalue weighted by atomic mass is 35.5. The van der Waals surface area contributed by atoms with Crippen LogP contribution >= 0.6 is 35.1 Å². The molecule has 3 aliphatic heterocycles. The average molecular weight is 1190 g/mol. The van der Waals surface area contributed by atoms with Crippen LogP contribution in [0.5, 0.6) is 5.75 Å². The van der Waals surface area contributed by atoms with Gasteiger partial charge in [0.2, 0.25) is 27.7 Å². The van der Waals surface area contributed by atoms with Crippen molar-refractivity contribution in [3.05, 3.63) is 123 Å². The summed E-state index contributed by atoms with van der Waals surface area (Å²) in [5.74, 6) is -1.61. The number of anilines is 1. The predicted molar refractivity (Wildman–Crippen MR) is 313 cm³/mol. The second-order valence-electron chi connectivity index (χ2n) is 20.0. The first kappa shape index (κ1) is 58.0. The Morgan fingerprint density at radius 3 is 2.46 bits per heavy atom. The zero-order valence-corrected chi connectivity index (χ0v) is 48.8. The van der Waals surface area contributed by atoms with Crippen molar-refractivity contribution in [2.75, 3.05) is 57.2 Å². The number of piperidine rings is 1. The number of fused-ring (bicyclic) bond motifs is 9. The molecule has 0 saturated carbocycles. The Labute approximate surface area is 486 Å². The number of ether oxygens (including phenoxy) is 3. The molecule has 0 aliphatic carbocycles. The molecule has 4 N–H and O–H groups in total. The van der Waals surface area contributed by atoms with Gasteiger partial charge in [0.1, 0.15) is 17.5 Å². The summed E-state index contributed by atoms with van der Waals surface area (Å²) in [5, 5.41) is 20.8. The number of benzene rings is 4. The van der Waals surface area contributed by atoms with Crippen LogP contribution in [0.1, 0.15) is 85.2 Å². The summed E-state index contributed by atoms with van der Waals surface area (Å²) in [7, 11) is 1.29. The number of nitrogens with zero attached hydrogens (tertiary/aromatic N) is 6. The van der Waals surface area contributed by atoms with Crippen LogP contribution in [-0.4, -0.2) is 131 Å². The summed E-state index contributed by atoms with van der Waals surface area (Å²) in [6.45, 7) is 2.83. The molecule has 10 rings (SSSR count). The van der Waals surface area contributed by atoms with Gasteiger partial charge in [0.15, 0.2) is 0 Å². The van der Waals surface area contributed by atoms with Crippen LogP contribution < -0.4 is 25.4 Å². The van der Waals surface area contributed by atoms with E-state index in [9.17, 15) is 37.2 Å². The van der Waals surface area contributed by atoms with Crippen LogP contribution in [0.15, 0.2) is 77.7 Å². The minimum atomic E-state index is -4.28. The van der Waals surface area contributed by atoms with Crippen molar-refractivity contribution in [1.82, 2.24) is 44.4 Å². The first-order valence-electron chi connectivity index (χ1n) is 26.7. The molecule has 0 radical (unpaired) electrons. The van der Waals surface area contributed by atoms with Crippen molar-refractivity contribution < 1.29 is 51.4 Å². The number of nitrogens with one attached hydrogen (secondary N) is 4. The number of carbonyl (C=O) groups is 6. The fraction of sp³-hybridized carbons (Fsp3) is 0.368. The maximum absolute atomic E-state index is 14.5. The van der Waals surface area contributed by atoms with Crippen molar-refractivity contribution in [1.29, 1.82) is 0 Å². The van der Waals surface area contributed by atoms with Crippen molar-refractivity contribution in [3.8, 4) is 16.9 Å². The van der Waals surface area contributed by atoms with Gasteiger partial charge in [0.25, 0.3) is 17.7 Å². The van der Waals surface area contributed by atoms with Gasteiger partial charge in [-0.15, -0.1) is 23.5 Å². The molecule has 1 atom stereocenters. The maximum atomic E-state index is 14.5. The number of hydrogen-bond acceptors (Lipinski definition) is 16. The van der Waals surface area contributed by atoms with Gasteiger partial charge in [0.05, 0.1) is 71.8 Å². The van der Waals surface area contributed by atoms with Crippen molar-refractivity contribution in [3.63, 3.8) is 0 Å². The molecule has 3 aromatic heterocycles. The number of halogens is 1. The maximum Gasteiger partial charge on any atom is 0.281 e. The van der Waals surface area contributed by atoms with E-state index < -0.39 is 57.3 Å². The summed E-state index contributed by atoms with van der Waals surface area (Å²) in [5.41, 5.74) is 7.32. The molecular formula is C57H61ClN10O11S3. The highest BCUT2D eigenvalue weighted by Gasteiger charge is 2.45. The molecule has 7 aromatic rings. The van der Waals surface area contributed by atoms with E-state index in [4.69, 9.17) is 36.0 Å². The van der Waals surface area contributed by atoms with Gasteiger partial charge in [0, 0.05) is 108 Å². The third-order valence-electron chi connectivity index (χ3n) is 14.6. The molecular weight excluding hydrogens is 1130 g/mol. The Morgan fingerprint density at radius 1 is 0.841 bits per heavy atom. The summed E-state index contributed by atoms with van der Waals surface area (Å²) in [4.78, 5) is 79.8. The lowest BCUT2D eigenvalue weighted by Crippen LogP contribution is -2.54. The smallest absolute Gasteiger partial charge is 0.281 e. The van der Waals surface area contributed by atoms with Gasteiger partial charge in [-0.25, -0.2) is 13.1 Å². The normalized spacial score (nSPS) is 16.0. The Hall–Kier alpha value is -7.22. The van der Waals surface area contributed by atoms with E-state index in [2.05, 4.69) is 44.9 Å². The van der Waals surface area contributed by atoms with Gasteiger partial charge >= 0.3 is 0 Å². The third-order valence-corrected chi connectivity index (χ3v) is 18.2. The Kier molecular flexibility index (Phi) is 17.8. The molecule has 3 aliphatic rings. The van der Waals surface area contributed by atoms with Gasteiger partial charge < -0.3 is 29.4 Å². The van der Waals surface area contributed by atoms with E-state index in [1.807, 2.05) is 54.6 Å². The van der Waals surface area contributed by atoms with Gasteiger partial charge in [-0.3, -0.25) is 48.3 Å². The highest BCUT2D eigenvalue weighted by molar-refractivity contribution is 7.98. The summed E-state index contributed by atoms with van der Waals surface area (Å²) >= 11 is 10.6. The molecule has 430 valence electrons. The number of thioether (sulfide) groups is 2. The summed E-state index contributed by atoms with van der Waals surface area (Å²) in [6, 6.07) is 21.8. The highest BCUT2D eigenvalue weighted by Crippen LogP contribution is 2.43. The monoisotopic (exact) mass is 1190 g/mol. The number of imide groups is 2. The predicted octanol–water partition coefficient (Wildman–Crippen LogP) is 6.59. The molecule has 25 heteroatoms. The van der Waals surface area contributed by atoms with Crippen LogP contribution in [0.25, 0.3) is 32.8 Å². The van der Waals surface area contributed by atoms with E-state index in [-0.39, 0.29) is 75.6 Å². The lowest BCUT2D eigenvalue weighted by molar-refractivity contribution is -0.136. The number of carbonyl (C=O) groups excluding carboxylic acids is 6. The van der Waals surface area contributed by atoms with Gasteiger partial charge in [-0.2, -0.15) is 10.2 Å². The fourth-order valence-electron chi connectivity index (χ4n) is 10.6. The number of hydrogen-bond donors (Lipinski definition) is 4. The molecule has 21 nitrogen and oxygen atoms in total. The third kappa shape index (κ3) is 12.4. The van der Waals surface area contributed by atoms with E-state index in [1.165, 1.54) is 6.07 Å². The first-order chi connectivity index (χ1) is 39.5. The lowest BCUT2D eigenvalue weighted by Gasteiger charge is -2.27. The number of amides is 6. The standard InChI is InChI=1S/C57H61ClN10O11S3/c1-33-49-44(63-66(33)3)32-80-30-35-28-36(67(4)62-35)31-81-37-27-34-9-5-6-10-38(34)46(29-37)79-21-8-12-39-40-14-15-42(58)51(49)52(40)65(2)53(39)55(72)64-82(75,76)26-20-60-47(69)18-22-77-24-25-78-23-19-59-43-13-7-11-41-50(43)57(74)68(56(41)73)45-16-17-48(70)61-54(45)71/h5-7,9-11,13-15,27-29,45,59H,8,12,16-26,30-32H2,1-4H3,(H,60,69)(H,64,72)(H,61,70,71). The van der Waals surface area contributed by atoms with E-state index >= 15 is 0 Å². The molecule has 82 heavy (non-hydrogen) atoms. The quantitative estimate of drug-likeness (QED) is 0.0588. The largest absolute Gasteiger partial charge is 0.493 e. The van der Waals surface area contributed by atoms with Crippen LogP contribution in [0, 0.1) is 6.92 Å². The molecule has 1 fully saturated rings. The SMILES string of the molecule is Cc1c2c(nn1C)CSCc1cc(n(C)n1)CSc1cc(c3ccccc3c1)OCCCc1c(C(=O)NS(=O)(=O)CCNC(=O)CCOCCOCCNc3cccc4c3C(=O)N(C3CCC(=O)NC3=O)C4=O)n(C)c3c-2c(Cl)ccc13. The molecule has 6 amide bonds. The molecule has 0 spiro atoms. The zero-order valence-electron chi connectivity index (χ0n) is 45.6. The molecule has 1 saturated heterocycles. The number of sulfonamides is 1. The summed E-state index contributed by atoms with van der Waals surface area (Å²) < 4.78 is 52.8. The molecule has 4 aromatic carbocycles. The van der Waals surface area contributed by atoms with Crippen LogP contribution in [0.4, 0.5) is 5.69 Å². The fourth-order valence-corrected chi connectivity index (χ4v) is 13.5. The number of aryl methyl sites for hydroxylation is 4. The average Bonchev–Trinajstić information content (AvgIpc) is 3.18. The van der Waals surface area contributed by atoms with Crippen molar-refractivity contribution in [2.45, 2.75) is 67.2 Å². The minimum Gasteiger partial charge on any atom is -0.493 e.